The van der Waals surface area contributed by atoms with Crippen LogP contribution in [0.3, 0.4) is 0 Å². The normalized spacial score (nSPS) is 13.9. The molecule has 39 heavy (non-hydrogen) atoms. The Balaban J connectivity index is 1.20. The van der Waals surface area contributed by atoms with Crippen LogP contribution in [0.1, 0.15) is 33.7 Å². The van der Waals surface area contributed by atoms with Crippen molar-refractivity contribution in [2.45, 2.75) is 12.8 Å². The van der Waals surface area contributed by atoms with E-state index in [2.05, 4.69) is 9.88 Å². The molecular weight excluding hydrogens is 519 g/mol. The maximum Gasteiger partial charge on any atom is 0.181 e. The fourth-order valence-corrected chi connectivity index (χ4v) is 5.50. The molecule has 3 heterocycles. The third-order valence-corrected chi connectivity index (χ3v) is 7.70. The van der Waals surface area contributed by atoms with E-state index < -0.39 is 0 Å². The van der Waals surface area contributed by atoms with Gasteiger partial charge in [-0.3, -0.25) is 14.5 Å². The molecule has 9 heteroatoms. The number of methoxy groups -OCH3 is 1. The second-order valence-corrected chi connectivity index (χ2v) is 10.1. The standard InChI is InChI=1S/C30H29FN2O5S/c1-36-29-18-20(8-11-28(29)38-17-14-33-12-15-37-16-13-33)26(34)9-10-27(35)25-7-3-6-24(32-25)22-19-39-30-21(22)4-2-5-23(30)31/h2-8,11,18-19H,9-10,12-17H2,1H3. The van der Waals surface area contributed by atoms with Crippen LogP contribution in [0.2, 0.25) is 0 Å². The summed E-state index contributed by atoms with van der Waals surface area (Å²) in [5.41, 5.74) is 2.10. The number of aromatic nitrogens is 1. The number of fused-ring (bicyclic) bond motifs is 1. The quantitative estimate of drug-likeness (QED) is 0.224. The molecule has 0 amide bonds. The summed E-state index contributed by atoms with van der Waals surface area (Å²) in [6.45, 7) is 4.52. The second-order valence-electron chi connectivity index (χ2n) is 9.19. The van der Waals surface area contributed by atoms with Crippen molar-refractivity contribution in [1.82, 2.24) is 9.88 Å². The highest BCUT2D eigenvalue weighted by atomic mass is 32.1. The number of nitrogens with zero attached hydrogens (tertiary/aromatic N) is 2. The molecule has 202 valence electrons. The summed E-state index contributed by atoms with van der Waals surface area (Å²) in [6, 6.07) is 15.2. The molecule has 0 aliphatic carbocycles. The lowest BCUT2D eigenvalue weighted by molar-refractivity contribution is 0.0321. The number of hydrogen-bond acceptors (Lipinski definition) is 8. The van der Waals surface area contributed by atoms with Gasteiger partial charge in [0, 0.05) is 54.4 Å². The van der Waals surface area contributed by atoms with Crippen molar-refractivity contribution in [3.63, 3.8) is 0 Å². The molecule has 0 saturated carbocycles. The molecule has 1 fully saturated rings. The van der Waals surface area contributed by atoms with E-state index in [1.165, 1.54) is 24.5 Å². The van der Waals surface area contributed by atoms with Gasteiger partial charge in [0.1, 0.15) is 18.1 Å². The van der Waals surface area contributed by atoms with Crippen molar-refractivity contribution in [2.75, 3.05) is 46.6 Å². The minimum atomic E-state index is -0.279. The van der Waals surface area contributed by atoms with Crippen LogP contribution in [0.15, 0.2) is 60.0 Å². The van der Waals surface area contributed by atoms with Gasteiger partial charge < -0.3 is 14.2 Å². The number of carbonyl (C=O) groups excluding carboxylic acids is 2. The van der Waals surface area contributed by atoms with Crippen molar-refractivity contribution in [2.24, 2.45) is 0 Å². The first-order valence-corrected chi connectivity index (χ1v) is 13.7. The minimum absolute atomic E-state index is 0.0222. The van der Waals surface area contributed by atoms with Crippen LogP contribution in [0, 0.1) is 5.82 Å². The van der Waals surface area contributed by atoms with E-state index >= 15 is 0 Å². The molecule has 0 spiro atoms. The zero-order valence-electron chi connectivity index (χ0n) is 21.7. The number of morpholine rings is 1. The van der Waals surface area contributed by atoms with Gasteiger partial charge in [-0.25, -0.2) is 9.37 Å². The SMILES string of the molecule is COc1cc(C(=O)CCC(=O)c2cccc(-c3csc4c(F)cccc34)n2)ccc1OCCN1CCOCC1. The summed E-state index contributed by atoms with van der Waals surface area (Å²) >= 11 is 1.31. The average Bonchev–Trinajstić information content (AvgIpc) is 3.42. The third-order valence-electron chi connectivity index (χ3n) is 6.70. The van der Waals surface area contributed by atoms with Crippen LogP contribution < -0.4 is 9.47 Å². The molecule has 0 atom stereocenters. The predicted octanol–water partition coefficient (Wildman–Crippen LogP) is 5.67. The average molecular weight is 549 g/mol. The van der Waals surface area contributed by atoms with Crippen LogP contribution in [0.4, 0.5) is 4.39 Å². The molecule has 5 rings (SSSR count). The molecule has 0 radical (unpaired) electrons. The van der Waals surface area contributed by atoms with Crippen LogP contribution in [0.5, 0.6) is 11.5 Å². The molecule has 0 bridgehead atoms. The molecule has 1 saturated heterocycles. The molecule has 2 aromatic heterocycles. The molecule has 0 N–H and O–H groups in total. The Labute approximate surface area is 230 Å². The van der Waals surface area contributed by atoms with Crippen molar-refractivity contribution in [1.29, 1.82) is 0 Å². The van der Waals surface area contributed by atoms with Gasteiger partial charge >= 0.3 is 0 Å². The smallest absolute Gasteiger partial charge is 0.181 e. The Bertz CT molecular complexity index is 1480. The Morgan fingerprint density at radius 1 is 1.03 bits per heavy atom. The van der Waals surface area contributed by atoms with E-state index in [4.69, 9.17) is 14.2 Å². The number of rotatable bonds is 11. The molecule has 0 unspecified atom stereocenters. The van der Waals surface area contributed by atoms with Crippen molar-refractivity contribution in [3.05, 3.63) is 77.1 Å². The highest BCUT2D eigenvalue weighted by molar-refractivity contribution is 7.17. The van der Waals surface area contributed by atoms with Gasteiger partial charge in [-0.2, -0.15) is 0 Å². The largest absolute Gasteiger partial charge is 0.493 e. The number of ether oxygens (including phenoxy) is 3. The topological polar surface area (TPSA) is 78.0 Å². The lowest BCUT2D eigenvalue weighted by Gasteiger charge is -2.26. The number of ketones is 2. The molecule has 7 nitrogen and oxygen atoms in total. The zero-order valence-corrected chi connectivity index (χ0v) is 22.5. The minimum Gasteiger partial charge on any atom is -0.493 e. The zero-order chi connectivity index (χ0) is 27.2. The van der Waals surface area contributed by atoms with Crippen molar-refractivity contribution >= 4 is 33.0 Å². The first-order chi connectivity index (χ1) is 19.0. The fraction of sp³-hybridized carbons (Fsp3) is 0.300. The Morgan fingerprint density at radius 2 is 1.82 bits per heavy atom. The van der Waals surface area contributed by atoms with Crippen molar-refractivity contribution < 1.29 is 28.2 Å². The highest BCUT2D eigenvalue weighted by Gasteiger charge is 2.17. The van der Waals surface area contributed by atoms with Gasteiger partial charge in [0.2, 0.25) is 0 Å². The van der Waals surface area contributed by atoms with Crippen molar-refractivity contribution in [3.8, 4) is 22.8 Å². The van der Waals surface area contributed by atoms with Gasteiger partial charge in [-0.1, -0.05) is 18.2 Å². The fourth-order valence-electron chi connectivity index (χ4n) is 4.53. The Morgan fingerprint density at radius 3 is 2.64 bits per heavy atom. The van der Waals surface area contributed by atoms with Crippen LogP contribution in [0.25, 0.3) is 21.3 Å². The van der Waals surface area contributed by atoms with Gasteiger partial charge in [0.05, 0.1) is 30.7 Å². The number of halogens is 1. The summed E-state index contributed by atoms with van der Waals surface area (Å²) in [5.74, 6) is 0.366. The van der Waals surface area contributed by atoms with E-state index in [0.717, 1.165) is 43.8 Å². The maximum atomic E-state index is 14.1. The third kappa shape index (κ3) is 6.33. The maximum absolute atomic E-state index is 14.1. The predicted molar refractivity (Wildman–Crippen MR) is 149 cm³/mol. The summed E-state index contributed by atoms with van der Waals surface area (Å²) in [5, 5.41) is 2.60. The molecule has 1 aliphatic rings. The monoisotopic (exact) mass is 548 g/mol. The molecule has 4 aromatic rings. The number of thiophene rings is 1. The summed E-state index contributed by atoms with van der Waals surface area (Å²) in [4.78, 5) is 32.6. The van der Waals surface area contributed by atoms with Crippen LogP contribution >= 0.6 is 11.3 Å². The summed E-state index contributed by atoms with van der Waals surface area (Å²) < 4.78 is 31.4. The number of Topliss-reactive ketones (excluding diaryl/α,β-unsaturated/α-hetero) is 2. The van der Waals surface area contributed by atoms with Crippen LogP contribution in [-0.4, -0.2) is 68.0 Å². The van der Waals surface area contributed by atoms with E-state index in [9.17, 15) is 14.0 Å². The molecule has 1 aliphatic heterocycles. The number of carbonyl (C=O) groups is 2. The lowest BCUT2D eigenvalue weighted by atomic mass is 10.0. The Hall–Kier alpha value is -3.66. The van der Waals surface area contributed by atoms with Gasteiger partial charge in [-0.05, 0) is 36.4 Å². The summed E-state index contributed by atoms with van der Waals surface area (Å²) in [6.07, 6.45) is 0.0616. The van der Waals surface area contributed by atoms with Gasteiger partial charge in [-0.15, -0.1) is 11.3 Å². The van der Waals surface area contributed by atoms with E-state index in [1.807, 2.05) is 11.4 Å². The first kappa shape index (κ1) is 26.9. The lowest BCUT2D eigenvalue weighted by Crippen LogP contribution is -2.38. The van der Waals surface area contributed by atoms with E-state index in [0.29, 0.717) is 34.1 Å². The number of pyridine rings is 1. The van der Waals surface area contributed by atoms with Crippen LogP contribution in [-0.2, 0) is 4.74 Å². The van der Waals surface area contributed by atoms with E-state index in [1.54, 1.807) is 42.5 Å². The second kappa shape index (κ2) is 12.5. The number of hydrogen-bond donors (Lipinski definition) is 0. The highest BCUT2D eigenvalue weighted by Crippen LogP contribution is 2.34. The van der Waals surface area contributed by atoms with E-state index in [-0.39, 0.29) is 35.9 Å². The first-order valence-electron chi connectivity index (χ1n) is 12.8. The van der Waals surface area contributed by atoms with Gasteiger partial charge in [0.25, 0.3) is 0 Å². The molecular formula is C30H29FN2O5S. The summed E-state index contributed by atoms with van der Waals surface area (Å²) in [7, 11) is 1.53. The Kier molecular flexibility index (Phi) is 8.61. The number of benzene rings is 2. The molecule has 2 aromatic carbocycles. The van der Waals surface area contributed by atoms with Gasteiger partial charge in [0.15, 0.2) is 23.1 Å².